The number of thioether (sulfide) groups is 1. The first kappa shape index (κ1) is 24.9. The lowest BCUT2D eigenvalue weighted by molar-refractivity contribution is -0.137. The van der Waals surface area contributed by atoms with Crippen LogP contribution in [0.15, 0.2) is 66.0 Å². The molecule has 4 rings (SSSR count). The first-order valence-corrected chi connectivity index (χ1v) is 12.2. The van der Waals surface area contributed by atoms with Crippen molar-refractivity contribution in [2.45, 2.75) is 36.8 Å². The zero-order chi connectivity index (χ0) is 24.7. The Kier molecular flexibility index (Phi) is 8.16. The van der Waals surface area contributed by atoms with Gasteiger partial charge in [0.1, 0.15) is 0 Å². The summed E-state index contributed by atoms with van der Waals surface area (Å²) in [5, 5.41) is 3.41. The molecule has 1 unspecified atom stereocenters. The first-order chi connectivity index (χ1) is 16.9. The Bertz CT molecular complexity index is 1210. The third-order valence-corrected chi connectivity index (χ3v) is 6.42. The molecule has 0 spiro atoms. The monoisotopic (exact) mass is 499 g/mol. The number of carbonyl (C=O) groups is 1. The van der Waals surface area contributed by atoms with Crippen LogP contribution in [0.3, 0.4) is 0 Å². The van der Waals surface area contributed by atoms with Gasteiger partial charge in [-0.3, -0.25) is 4.79 Å². The number of imidazole rings is 1. The normalized spacial score (nSPS) is 15.5. The van der Waals surface area contributed by atoms with Crippen molar-refractivity contribution in [1.82, 2.24) is 14.9 Å². The fraction of sp³-hybridized carbons (Fsp3) is 0.308. The van der Waals surface area contributed by atoms with E-state index in [1.165, 1.54) is 23.9 Å². The van der Waals surface area contributed by atoms with Crippen molar-refractivity contribution in [3.8, 4) is 23.1 Å². The van der Waals surface area contributed by atoms with Crippen molar-refractivity contribution < 1.29 is 22.7 Å². The number of rotatable bonds is 7. The third kappa shape index (κ3) is 6.90. The van der Waals surface area contributed by atoms with Crippen LogP contribution in [0.1, 0.15) is 24.0 Å². The summed E-state index contributed by atoms with van der Waals surface area (Å²) in [5.74, 6) is 5.26. The number of ether oxygens (including phenoxy) is 1. The average molecular weight is 500 g/mol. The highest BCUT2D eigenvalue weighted by molar-refractivity contribution is 7.99. The number of hydrogen-bond donors (Lipinski definition) is 1. The molecule has 1 saturated heterocycles. The number of alkyl halides is 3. The van der Waals surface area contributed by atoms with E-state index in [2.05, 4.69) is 26.7 Å². The Morgan fingerprint density at radius 1 is 1.20 bits per heavy atom. The number of carbonyl (C=O) groups excluding carboxylic acids is 1. The molecule has 182 valence electrons. The molecule has 35 heavy (non-hydrogen) atoms. The second-order valence-corrected chi connectivity index (χ2v) is 8.93. The van der Waals surface area contributed by atoms with Crippen molar-refractivity contribution >= 4 is 17.7 Å². The van der Waals surface area contributed by atoms with E-state index in [1.807, 2.05) is 36.5 Å². The van der Waals surface area contributed by atoms with Gasteiger partial charge in [-0.05, 0) is 36.6 Å². The number of nitrogens with zero attached hydrogens (tertiary/aromatic N) is 2. The van der Waals surface area contributed by atoms with Gasteiger partial charge in [-0.1, -0.05) is 60.0 Å². The molecule has 1 atom stereocenters. The molecule has 0 aliphatic carbocycles. The van der Waals surface area contributed by atoms with Gasteiger partial charge in [-0.2, -0.15) is 13.2 Å². The Balaban J connectivity index is 1.35. The molecule has 9 heteroatoms. The molecule has 1 aliphatic rings. The van der Waals surface area contributed by atoms with Gasteiger partial charge >= 0.3 is 6.18 Å². The maximum absolute atomic E-state index is 12.8. The summed E-state index contributed by atoms with van der Waals surface area (Å²) < 4.78 is 46.3. The molecule has 1 amide bonds. The molecule has 3 aromatic rings. The van der Waals surface area contributed by atoms with E-state index in [-0.39, 0.29) is 29.9 Å². The number of nitrogens with one attached hydrogen (secondary N) is 1. The van der Waals surface area contributed by atoms with Gasteiger partial charge in [0.05, 0.1) is 42.4 Å². The second-order valence-electron chi connectivity index (χ2n) is 7.98. The zero-order valence-electron chi connectivity index (χ0n) is 18.8. The van der Waals surface area contributed by atoms with E-state index in [1.54, 1.807) is 0 Å². The lowest BCUT2D eigenvalue weighted by atomic mass is 10.1. The molecule has 0 radical (unpaired) electrons. The number of halogens is 3. The largest absolute Gasteiger partial charge is 0.416 e. The molecule has 2 aromatic carbocycles. The molecule has 0 bridgehead atoms. The standard InChI is InChI=1S/C26H24F3N3O2S/c27-26(28,29)21-11-4-7-19(15-21)8-5-13-30-24(33)18-35-25-31-16-23(20-9-2-1-3-10-20)32(25)17-22-12-6-14-34-22/h1-4,7,9-11,15-16,22H,6,12-14,17-18H2,(H,30,33). The number of benzene rings is 2. The minimum Gasteiger partial charge on any atom is -0.376 e. The minimum absolute atomic E-state index is 0.0370. The summed E-state index contributed by atoms with van der Waals surface area (Å²) in [7, 11) is 0. The lowest BCUT2D eigenvalue weighted by Gasteiger charge is -2.16. The quantitative estimate of drug-likeness (QED) is 0.367. The second kappa shape index (κ2) is 11.5. The Hall–Kier alpha value is -3.22. The number of hydrogen-bond acceptors (Lipinski definition) is 4. The van der Waals surface area contributed by atoms with E-state index in [9.17, 15) is 18.0 Å². The molecule has 0 saturated carbocycles. The van der Waals surface area contributed by atoms with Crippen LogP contribution in [0.4, 0.5) is 13.2 Å². The fourth-order valence-electron chi connectivity index (χ4n) is 3.73. The van der Waals surface area contributed by atoms with Crippen molar-refractivity contribution in [2.75, 3.05) is 18.9 Å². The van der Waals surface area contributed by atoms with E-state index < -0.39 is 11.7 Å². The first-order valence-electron chi connectivity index (χ1n) is 11.2. The van der Waals surface area contributed by atoms with Gasteiger partial charge in [0.25, 0.3) is 0 Å². The van der Waals surface area contributed by atoms with Crippen LogP contribution in [0.5, 0.6) is 0 Å². The van der Waals surface area contributed by atoms with Gasteiger partial charge in [-0.15, -0.1) is 0 Å². The molecular formula is C26H24F3N3O2S. The van der Waals surface area contributed by atoms with Crippen LogP contribution in [0.2, 0.25) is 0 Å². The van der Waals surface area contributed by atoms with Gasteiger partial charge in [-0.25, -0.2) is 4.98 Å². The molecule has 5 nitrogen and oxygen atoms in total. The summed E-state index contributed by atoms with van der Waals surface area (Å²) in [6, 6.07) is 14.7. The van der Waals surface area contributed by atoms with E-state index in [0.717, 1.165) is 48.0 Å². The zero-order valence-corrected chi connectivity index (χ0v) is 19.7. The summed E-state index contributed by atoms with van der Waals surface area (Å²) in [6.07, 6.45) is -0.469. The number of amides is 1. The summed E-state index contributed by atoms with van der Waals surface area (Å²) in [6.45, 7) is 1.46. The average Bonchev–Trinajstić information content (AvgIpc) is 3.51. The molecule has 1 fully saturated rings. The highest BCUT2D eigenvalue weighted by Gasteiger charge is 2.30. The van der Waals surface area contributed by atoms with Crippen molar-refractivity contribution in [3.63, 3.8) is 0 Å². The third-order valence-electron chi connectivity index (χ3n) is 5.43. The van der Waals surface area contributed by atoms with Crippen LogP contribution < -0.4 is 5.32 Å². The lowest BCUT2D eigenvalue weighted by Crippen LogP contribution is -2.25. The Morgan fingerprint density at radius 3 is 2.77 bits per heavy atom. The summed E-state index contributed by atoms with van der Waals surface area (Å²) in [4.78, 5) is 16.9. The SMILES string of the molecule is O=C(CSc1ncc(-c2ccccc2)n1CC1CCCO1)NCC#Cc1cccc(C(F)(F)F)c1. The Labute approximate surface area is 206 Å². The molecule has 1 aliphatic heterocycles. The summed E-state index contributed by atoms with van der Waals surface area (Å²) >= 11 is 1.32. The van der Waals surface area contributed by atoms with Crippen molar-refractivity contribution in [2.24, 2.45) is 0 Å². The smallest absolute Gasteiger partial charge is 0.376 e. The number of aromatic nitrogens is 2. The minimum atomic E-state index is -4.42. The molecule has 1 aromatic heterocycles. The van der Waals surface area contributed by atoms with Crippen LogP contribution in [-0.2, 0) is 22.3 Å². The maximum atomic E-state index is 12.8. The highest BCUT2D eigenvalue weighted by Crippen LogP contribution is 2.30. The van der Waals surface area contributed by atoms with Crippen LogP contribution in [-0.4, -0.2) is 40.5 Å². The molecule has 2 heterocycles. The van der Waals surface area contributed by atoms with Crippen molar-refractivity contribution in [1.29, 1.82) is 0 Å². The van der Waals surface area contributed by atoms with Crippen LogP contribution >= 0.6 is 11.8 Å². The van der Waals surface area contributed by atoms with E-state index >= 15 is 0 Å². The fourth-order valence-corrected chi connectivity index (χ4v) is 4.54. The molecular weight excluding hydrogens is 475 g/mol. The maximum Gasteiger partial charge on any atom is 0.416 e. The van der Waals surface area contributed by atoms with Gasteiger partial charge in [0.2, 0.25) is 5.91 Å². The predicted octanol–water partition coefficient (Wildman–Crippen LogP) is 5.01. The van der Waals surface area contributed by atoms with Gasteiger partial charge in [0, 0.05) is 12.2 Å². The highest BCUT2D eigenvalue weighted by atomic mass is 32.2. The van der Waals surface area contributed by atoms with Gasteiger partial charge in [0.15, 0.2) is 5.16 Å². The van der Waals surface area contributed by atoms with E-state index in [0.29, 0.717) is 6.54 Å². The van der Waals surface area contributed by atoms with E-state index in [4.69, 9.17) is 4.74 Å². The topological polar surface area (TPSA) is 56.2 Å². The summed E-state index contributed by atoms with van der Waals surface area (Å²) in [5.41, 5.74) is 1.50. The predicted molar refractivity (Wildman–Crippen MR) is 129 cm³/mol. The van der Waals surface area contributed by atoms with Gasteiger partial charge < -0.3 is 14.6 Å². The van der Waals surface area contributed by atoms with Crippen LogP contribution in [0.25, 0.3) is 11.3 Å². The van der Waals surface area contributed by atoms with Crippen molar-refractivity contribution in [3.05, 3.63) is 71.9 Å². The Morgan fingerprint density at radius 2 is 2.03 bits per heavy atom. The molecule has 1 N–H and O–H groups in total. The van der Waals surface area contributed by atoms with Crippen LogP contribution in [0, 0.1) is 11.8 Å².